The summed E-state index contributed by atoms with van der Waals surface area (Å²) in [6.07, 6.45) is 1.61. The summed E-state index contributed by atoms with van der Waals surface area (Å²) in [5.41, 5.74) is 1.66. The number of nitrogens with one attached hydrogen (secondary N) is 1. The summed E-state index contributed by atoms with van der Waals surface area (Å²) in [6, 6.07) is 5.51. The highest BCUT2D eigenvalue weighted by molar-refractivity contribution is 6.35. The summed E-state index contributed by atoms with van der Waals surface area (Å²) in [5.74, 6) is 0.522. The lowest BCUT2D eigenvalue weighted by Gasteiger charge is -2.10. The van der Waals surface area contributed by atoms with Crippen molar-refractivity contribution in [2.24, 2.45) is 0 Å². The highest BCUT2D eigenvalue weighted by Gasteiger charge is 2.06. The van der Waals surface area contributed by atoms with Gasteiger partial charge in [-0.25, -0.2) is 0 Å². The van der Waals surface area contributed by atoms with Gasteiger partial charge in [-0.3, -0.25) is 4.98 Å². The first-order valence-electron chi connectivity index (χ1n) is 4.76. The minimum Gasteiger partial charge on any atom is -0.382 e. The van der Waals surface area contributed by atoms with E-state index in [1.807, 2.05) is 12.1 Å². The molecule has 2 aromatic rings. The van der Waals surface area contributed by atoms with Crippen LogP contribution in [0.4, 0.5) is 5.69 Å². The topological polar surface area (TPSA) is 24.9 Å². The molecule has 0 fully saturated rings. The Hall–Kier alpha value is -0.700. The van der Waals surface area contributed by atoms with Crippen molar-refractivity contribution < 1.29 is 0 Å². The van der Waals surface area contributed by atoms with Gasteiger partial charge in [0.2, 0.25) is 0 Å². The maximum atomic E-state index is 6.08. The van der Waals surface area contributed by atoms with Gasteiger partial charge < -0.3 is 5.32 Å². The maximum absolute atomic E-state index is 6.08. The molecule has 16 heavy (non-hydrogen) atoms. The molecular formula is C11H9Cl3N2. The van der Waals surface area contributed by atoms with Gasteiger partial charge in [0.1, 0.15) is 0 Å². The fourth-order valence-corrected chi connectivity index (χ4v) is 1.97. The average molecular weight is 276 g/mol. The zero-order valence-electron chi connectivity index (χ0n) is 8.30. The zero-order valence-corrected chi connectivity index (χ0v) is 10.6. The van der Waals surface area contributed by atoms with E-state index in [-0.39, 0.29) is 0 Å². The Kier molecular flexibility index (Phi) is 3.74. The normalized spacial score (nSPS) is 10.7. The minimum atomic E-state index is 0.522. The van der Waals surface area contributed by atoms with Crippen LogP contribution in [0, 0.1) is 0 Å². The van der Waals surface area contributed by atoms with Gasteiger partial charge in [-0.15, -0.1) is 11.6 Å². The summed E-state index contributed by atoms with van der Waals surface area (Å²) in [4.78, 5) is 4.22. The second kappa shape index (κ2) is 5.09. The highest BCUT2D eigenvalue weighted by Crippen LogP contribution is 2.30. The van der Waals surface area contributed by atoms with Crippen LogP contribution < -0.4 is 5.32 Å². The molecule has 0 saturated carbocycles. The van der Waals surface area contributed by atoms with E-state index < -0.39 is 0 Å². The molecule has 0 bridgehead atoms. The monoisotopic (exact) mass is 274 g/mol. The largest absolute Gasteiger partial charge is 0.382 e. The molecule has 0 aliphatic heterocycles. The Balaban J connectivity index is 2.55. The highest BCUT2D eigenvalue weighted by atomic mass is 35.5. The standard InChI is InChI=1S/C11H9Cl3N2/c12-3-4-15-11-8-2-1-7(13)5-10(8)16-6-9(11)14/h1-2,5-6H,3-4H2,(H,15,16). The predicted octanol–water partition coefficient (Wildman–Crippen LogP) is 4.19. The van der Waals surface area contributed by atoms with Gasteiger partial charge in [-0.2, -0.15) is 0 Å². The number of anilines is 1. The summed E-state index contributed by atoms with van der Waals surface area (Å²) < 4.78 is 0. The second-order valence-electron chi connectivity index (χ2n) is 3.26. The number of hydrogen-bond acceptors (Lipinski definition) is 2. The quantitative estimate of drug-likeness (QED) is 0.850. The molecule has 0 atom stereocenters. The van der Waals surface area contributed by atoms with E-state index in [0.717, 1.165) is 16.6 Å². The van der Waals surface area contributed by atoms with Gasteiger partial charge in [0.05, 0.1) is 16.2 Å². The molecule has 5 heteroatoms. The fraction of sp³-hybridized carbons (Fsp3) is 0.182. The number of fused-ring (bicyclic) bond motifs is 1. The summed E-state index contributed by atoms with van der Waals surface area (Å²) in [7, 11) is 0. The van der Waals surface area contributed by atoms with Crippen molar-refractivity contribution >= 4 is 51.4 Å². The molecule has 0 saturated heterocycles. The minimum absolute atomic E-state index is 0.522. The Morgan fingerprint density at radius 3 is 2.81 bits per heavy atom. The van der Waals surface area contributed by atoms with Gasteiger partial charge in [0.25, 0.3) is 0 Å². The van der Waals surface area contributed by atoms with Crippen molar-refractivity contribution in [3.05, 3.63) is 34.4 Å². The molecule has 84 valence electrons. The Morgan fingerprint density at radius 2 is 2.06 bits per heavy atom. The summed E-state index contributed by atoms with van der Waals surface area (Å²) in [5, 5.41) is 5.37. The molecule has 1 heterocycles. The van der Waals surface area contributed by atoms with Crippen LogP contribution >= 0.6 is 34.8 Å². The molecule has 0 aliphatic rings. The molecule has 0 aliphatic carbocycles. The second-order valence-corrected chi connectivity index (χ2v) is 4.48. The number of pyridine rings is 1. The number of benzene rings is 1. The van der Waals surface area contributed by atoms with Crippen LogP contribution in [0.15, 0.2) is 24.4 Å². The lowest BCUT2D eigenvalue weighted by molar-refractivity contribution is 1.22. The van der Waals surface area contributed by atoms with Gasteiger partial charge >= 0.3 is 0 Å². The van der Waals surface area contributed by atoms with Gasteiger partial charge in [-0.1, -0.05) is 23.2 Å². The molecule has 0 radical (unpaired) electrons. The van der Waals surface area contributed by atoms with E-state index in [2.05, 4.69) is 10.3 Å². The SMILES string of the molecule is ClCCNc1c(Cl)cnc2cc(Cl)ccc12. The van der Waals surface area contributed by atoms with E-state index in [0.29, 0.717) is 22.5 Å². The molecule has 0 spiro atoms. The van der Waals surface area contributed by atoms with Crippen LogP contribution in [0.2, 0.25) is 10.0 Å². The number of nitrogens with zero attached hydrogens (tertiary/aromatic N) is 1. The molecule has 2 rings (SSSR count). The molecule has 1 aromatic heterocycles. The number of halogens is 3. The average Bonchev–Trinajstić information content (AvgIpc) is 2.28. The van der Waals surface area contributed by atoms with Crippen molar-refractivity contribution in [2.75, 3.05) is 17.7 Å². The summed E-state index contributed by atoms with van der Waals surface area (Å²) in [6.45, 7) is 0.656. The van der Waals surface area contributed by atoms with E-state index in [1.54, 1.807) is 12.3 Å². The van der Waals surface area contributed by atoms with Crippen LogP contribution in [0.1, 0.15) is 0 Å². The first-order chi connectivity index (χ1) is 7.72. The van der Waals surface area contributed by atoms with Gasteiger partial charge in [-0.05, 0) is 18.2 Å². The van der Waals surface area contributed by atoms with Crippen molar-refractivity contribution in [1.29, 1.82) is 0 Å². The maximum Gasteiger partial charge on any atom is 0.0827 e. The first kappa shape index (κ1) is 11.8. The smallest absolute Gasteiger partial charge is 0.0827 e. The lowest BCUT2D eigenvalue weighted by Crippen LogP contribution is -2.03. The number of aromatic nitrogens is 1. The van der Waals surface area contributed by atoms with Crippen LogP contribution in [-0.4, -0.2) is 17.4 Å². The van der Waals surface area contributed by atoms with Crippen LogP contribution in [0.5, 0.6) is 0 Å². The van der Waals surface area contributed by atoms with Gasteiger partial charge in [0.15, 0.2) is 0 Å². The first-order valence-corrected chi connectivity index (χ1v) is 6.05. The summed E-state index contributed by atoms with van der Waals surface area (Å²) >= 11 is 17.6. The third-order valence-corrected chi connectivity index (χ3v) is 2.89. The Morgan fingerprint density at radius 1 is 1.25 bits per heavy atom. The third-order valence-electron chi connectivity index (χ3n) is 2.18. The molecular weight excluding hydrogens is 266 g/mol. The van der Waals surface area contributed by atoms with Crippen molar-refractivity contribution in [2.45, 2.75) is 0 Å². The third kappa shape index (κ3) is 2.34. The van der Waals surface area contributed by atoms with E-state index in [4.69, 9.17) is 34.8 Å². The number of hydrogen-bond donors (Lipinski definition) is 1. The Bertz CT molecular complexity index is 514. The van der Waals surface area contributed by atoms with Crippen LogP contribution in [0.3, 0.4) is 0 Å². The number of alkyl halides is 1. The van der Waals surface area contributed by atoms with Crippen LogP contribution in [-0.2, 0) is 0 Å². The van der Waals surface area contributed by atoms with Crippen molar-refractivity contribution in [1.82, 2.24) is 4.98 Å². The molecule has 0 unspecified atom stereocenters. The van der Waals surface area contributed by atoms with E-state index in [9.17, 15) is 0 Å². The molecule has 1 aromatic carbocycles. The molecule has 1 N–H and O–H groups in total. The van der Waals surface area contributed by atoms with Gasteiger partial charge in [0, 0.05) is 29.0 Å². The van der Waals surface area contributed by atoms with Crippen LogP contribution in [0.25, 0.3) is 10.9 Å². The molecule has 2 nitrogen and oxygen atoms in total. The zero-order chi connectivity index (χ0) is 11.5. The van der Waals surface area contributed by atoms with E-state index in [1.165, 1.54) is 0 Å². The number of rotatable bonds is 3. The van der Waals surface area contributed by atoms with Crippen molar-refractivity contribution in [3.63, 3.8) is 0 Å². The fourth-order valence-electron chi connectivity index (χ4n) is 1.49. The molecule has 0 amide bonds. The Labute approximate surface area is 109 Å². The van der Waals surface area contributed by atoms with Crippen molar-refractivity contribution in [3.8, 4) is 0 Å². The lowest BCUT2D eigenvalue weighted by atomic mass is 10.2. The van der Waals surface area contributed by atoms with E-state index >= 15 is 0 Å². The predicted molar refractivity (Wildman–Crippen MR) is 71.0 cm³/mol.